The molecular formula is C69H69Cl5N16O6. The quantitative estimate of drug-likeness (QED) is 0.0395. The zero-order valence-electron chi connectivity index (χ0n) is 51.6. The number of aromatic nitrogens is 12. The Morgan fingerprint density at radius 3 is 1.52 bits per heavy atom. The molecule has 27 heteroatoms. The minimum Gasteiger partial charge on any atom is -0.468 e. The fourth-order valence-corrected chi connectivity index (χ4v) is 9.98. The Balaban J connectivity index is 0.000000212. The number of ether oxygens (including phenoxy) is 1. The average Bonchev–Trinajstić information content (AvgIpc) is 1.62. The third-order valence-corrected chi connectivity index (χ3v) is 15.0. The SMILES string of the molecule is C.C.CC(=O)C=O.CO.COc1nc2c3cccnc3ccc2n1C.Cc1cnc2c(Cl)cccc2n1.Cc1cnc2cccc(Cl)c2n1.Cn1c(CCc2cnc3cccc(Cl)c3n2)nc2c3cccnc3ccc21.Nc1cccc(Cl)c1N.Nc1cccc(Cl)c1[N+](=O)[O-]. The molecule has 0 saturated carbocycles. The third-order valence-electron chi connectivity index (χ3n) is 13.4. The van der Waals surface area contributed by atoms with E-state index in [2.05, 4.69) is 68.6 Å². The molecule has 0 aliphatic carbocycles. The fourth-order valence-electron chi connectivity index (χ4n) is 8.91. The van der Waals surface area contributed by atoms with Gasteiger partial charge in [-0.2, -0.15) is 4.98 Å². The lowest BCUT2D eigenvalue weighted by molar-refractivity contribution is -0.383. The molecule has 0 radical (unpaired) electrons. The van der Waals surface area contributed by atoms with Gasteiger partial charge in [-0.1, -0.05) is 103 Å². The molecule has 7 heterocycles. The molecule has 0 aliphatic heterocycles. The van der Waals surface area contributed by atoms with E-state index in [1.807, 2.05) is 129 Å². The summed E-state index contributed by atoms with van der Waals surface area (Å²) in [6, 6.07) is 43.1. The molecule has 14 aromatic rings. The number of ketones is 1. The van der Waals surface area contributed by atoms with E-state index in [-0.39, 0.29) is 37.5 Å². The first-order chi connectivity index (χ1) is 45.2. The number of nitro benzene ring substituents is 1. The largest absolute Gasteiger partial charge is 0.468 e. The number of para-hydroxylation sites is 5. The fraction of sp³-hybridized carbons (Fsp3) is 0.159. The zero-order valence-corrected chi connectivity index (χ0v) is 55.4. The number of nitrogens with zero attached hydrogens (tertiary/aromatic N) is 13. The van der Waals surface area contributed by atoms with Gasteiger partial charge in [0.05, 0.1) is 105 Å². The topological polar surface area (TPSA) is 324 Å². The number of nitro groups is 1. The minimum absolute atomic E-state index is 0. The molecule has 0 atom stereocenters. The summed E-state index contributed by atoms with van der Waals surface area (Å²) in [5.41, 5.74) is 30.5. The van der Waals surface area contributed by atoms with Crippen LogP contribution in [0.2, 0.25) is 25.1 Å². The van der Waals surface area contributed by atoms with Gasteiger partial charge >= 0.3 is 5.69 Å². The maximum absolute atomic E-state index is 10.3. The van der Waals surface area contributed by atoms with Gasteiger partial charge in [-0.3, -0.25) is 49.2 Å². The second-order valence-corrected chi connectivity index (χ2v) is 21.9. The summed E-state index contributed by atoms with van der Waals surface area (Å²) in [6.45, 7) is 5.02. The van der Waals surface area contributed by atoms with Crippen molar-refractivity contribution >= 4 is 170 Å². The van der Waals surface area contributed by atoms with Gasteiger partial charge in [0.1, 0.15) is 38.6 Å². The smallest absolute Gasteiger partial charge is 0.310 e. The van der Waals surface area contributed by atoms with Gasteiger partial charge in [-0.25, -0.2) is 19.9 Å². The molecule has 0 spiro atoms. The van der Waals surface area contributed by atoms with Crippen LogP contribution < -0.4 is 21.9 Å². The number of hydrogen-bond donors (Lipinski definition) is 4. The second-order valence-electron chi connectivity index (χ2n) is 19.9. The first kappa shape index (κ1) is 76.4. The van der Waals surface area contributed by atoms with E-state index < -0.39 is 10.7 Å². The highest BCUT2D eigenvalue weighted by Crippen LogP contribution is 2.31. The van der Waals surface area contributed by atoms with Crippen LogP contribution in [0.4, 0.5) is 22.7 Å². The summed E-state index contributed by atoms with van der Waals surface area (Å²) in [5, 5.41) is 21.9. The standard InChI is InChI=1S/C21H16ClN5.C12H11N3O.2C9H7ClN2.C6H5ClN2O2.C6H7ClN2.C3H4O2.CH4O.2CH4/c1-27-18-9-8-16-14(4-3-11-23-16)20(18)26-19(27)10-7-13-12-24-17-6-2-5-15(22)21(17)25-13;1-15-10-6-5-9-8(4-3-7-13-9)11(10)14-12(15)16-2;1-6-5-11-9-7(10)3-2-4-8(9)12-6;1-6-5-11-8-4-2-3-7(10)9(8)12-6;7-4-2-1-3-5(8)6(4)9(10)11;7-4-2-1-3-5(8)6(4)9;1-3(5)2-4;1-2;;/h2-6,8-9,11-12H,7,10H2,1H3;3-7H,1-2H3;2*2-5H,1H3;1-3H,8H2;1-3H,8-9H2;2H,1H3;2H,1H3;2*1H4. The number of nitrogens with two attached hydrogens (primary N) is 3. The molecule has 0 fully saturated rings. The zero-order chi connectivity index (χ0) is 68.2. The van der Waals surface area contributed by atoms with E-state index in [9.17, 15) is 14.9 Å². The molecule has 14 rings (SSSR count). The van der Waals surface area contributed by atoms with Crippen molar-refractivity contribution < 1.29 is 24.4 Å². The number of carbonyl (C=O) groups excluding carboxylic acids is 2. The Kier molecular flexibility index (Phi) is 28.9. The average molecular weight is 1400 g/mol. The number of rotatable bonds is 6. The maximum Gasteiger partial charge on any atom is 0.310 e. The van der Waals surface area contributed by atoms with Crippen molar-refractivity contribution in [3.05, 3.63) is 229 Å². The van der Waals surface area contributed by atoms with Crippen molar-refractivity contribution in [3.63, 3.8) is 0 Å². The third kappa shape index (κ3) is 19.4. The normalized spacial score (nSPS) is 10.1. The Labute approximate surface area is 578 Å². The molecule has 0 saturated heterocycles. The molecular weight excluding hydrogens is 1330 g/mol. The van der Waals surface area contributed by atoms with Crippen LogP contribution >= 0.6 is 58.0 Å². The number of hydrogen-bond acceptors (Lipinski definition) is 19. The number of Topliss-reactive ketones (excluding diaryl/α,β-unsaturated/α-hetero) is 1. The monoisotopic (exact) mass is 1390 g/mol. The predicted octanol–water partition coefficient (Wildman–Crippen LogP) is 15.8. The predicted molar refractivity (Wildman–Crippen MR) is 390 cm³/mol. The number of methoxy groups -OCH3 is 1. The van der Waals surface area contributed by atoms with Crippen molar-refractivity contribution in [2.75, 3.05) is 31.4 Å². The maximum atomic E-state index is 10.3. The van der Waals surface area contributed by atoms with Crippen LogP contribution in [0.1, 0.15) is 44.7 Å². The van der Waals surface area contributed by atoms with Crippen LogP contribution in [0.3, 0.4) is 0 Å². The Hall–Kier alpha value is -10.3. The highest BCUT2D eigenvalue weighted by atomic mass is 35.5. The number of anilines is 3. The number of aliphatic hydroxyl groups excluding tert-OH is 1. The van der Waals surface area contributed by atoms with Crippen molar-refractivity contribution in [2.45, 2.75) is 48.5 Å². The van der Waals surface area contributed by atoms with E-state index in [1.54, 1.807) is 50.0 Å². The summed E-state index contributed by atoms with van der Waals surface area (Å²) in [5.74, 6) is 0.590. The van der Waals surface area contributed by atoms with E-state index in [4.69, 9.17) is 94.8 Å². The summed E-state index contributed by atoms with van der Waals surface area (Å²) in [7, 11) is 6.62. The van der Waals surface area contributed by atoms with Crippen LogP contribution in [0, 0.1) is 24.0 Å². The van der Waals surface area contributed by atoms with Crippen LogP contribution in [-0.4, -0.2) is 95.3 Å². The molecule has 0 unspecified atom stereocenters. The van der Waals surface area contributed by atoms with Gasteiger partial charge < -0.3 is 31.6 Å². The number of aldehydes is 1. The van der Waals surface area contributed by atoms with Crippen molar-refractivity contribution in [1.82, 2.24) is 59.0 Å². The molecule has 7 N–H and O–H groups in total. The number of aryl methyl sites for hydroxylation is 6. The van der Waals surface area contributed by atoms with Gasteiger partial charge in [0, 0.05) is 76.3 Å². The number of imidazole rings is 2. The Morgan fingerprint density at radius 1 is 0.531 bits per heavy atom. The number of carbonyl (C=O) groups is 2. The summed E-state index contributed by atoms with van der Waals surface area (Å²) in [4.78, 5) is 72.5. The molecule has 96 heavy (non-hydrogen) atoms. The van der Waals surface area contributed by atoms with Gasteiger partial charge in [-0.05, 0) is 129 Å². The molecule has 0 amide bonds. The first-order valence-electron chi connectivity index (χ1n) is 28.1. The van der Waals surface area contributed by atoms with E-state index in [0.717, 1.165) is 120 Å². The summed E-state index contributed by atoms with van der Waals surface area (Å²) < 4.78 is 9.28. The lowest BCUT2D eigenvalue weighted by Gasteiger charge is -2.04. The lowest BCUT2D eigenvalue weighted by Crippen LogP contribution is -2.02. The molecule has 0 aliphatic rings. The number of fused-ring (bicyclic) bond motifs is 9. The molecule has 7 aromatic carbocycles. The van der Waals surface area contributed by atoms with Gasteiger partial charge in [-0.15, -0.1) is 0 Å². The van der Waals surface area contributed by atoms with Crippen LogP contribution in [0.5, 0.6) is 6.01 Å². The summed E-state index contributed by atoms with van der Waals surface area (Å²) >= 11 is 29.2. The van der Waals surface area contributed by atoms with Crippen LogP contribution in [-0.2, 0) is 36.5 Å². The number of nitrogen functional groups attached to an aromatic ring is 3. The van der Waals surface area contributed by atoms with Crippen molar-refractivity contribution in [2.24, 2.45) is 14.1 Å². The molecule has 7 aromatic heterocycles. The molecule has 0 bridgehead atoms. The number of halogens is 5. The minimum atomic E-state index is -0.600. The van der Waals surface area contributed by atoms with Gasteiger partial charge in [0.25, 0.3) is 6.01 Å². The molecule has 22 nitrogen and oxygen atoms in total. The highest BCUT2D eigenvalue weighted by Gasteiger charge is 2.16. The first-order valence-corrected chi connectivity index (χ1v) is 30.0. The lowest BCUT2D eigenvalue weighted by atomic mass is 10.2. The van der Waals surface area contributed by atoms with Gasteiger partial charge in [0.15, 0.2) is 12.1 Å². The summed E-state index contributed by atoms with van der Waals surface area (Å²) in [6.07, 6.45) is 10.7. The van der Waals surface area contributed by atoms with E-state index in [1.165, 1.54) is 19.1 Å². The number of aliphatic hydroxyl groups is 1. The Bertz CT molecular complexity index is 4960. The van der Waals surface area contributed by atoms with Crippen LogP contribution in [0.15, 0.2) is 171 Å². The number of pyridine rings is 2. The van der Waals surface area contributed by atoms with E-state index >= 15 is 0 Å². The van der Waals surface area contributed by atoms with Gasteiger partial charge in [0.2, 0.25) is 0 Å². The Morgan fingerprint density at radius 2 is 1.00 bits per heavy atom. The van der Waals surface area contributed by atoms with Crippen molar-refractivity contribution in [3.8, 4) is 6.01 Å². The number of benzene rings is 7. The van der Waals surface area contributed by atoms with Crippen LogP contribution in [0.25, 0.3) is 77.0 Å². The second kappa shape index (κ2) is 36.4. The molecule has 496 valence electrons. The van der Waals surface area contributed by atoms with Crippen molar-refractivity contribution in [1.29, 1.82) is 0 Å². The highest BCUT2D eigenvalue weighted by molar-refractivity contribution is 6.36. The van der Waals surface area contributed by atoms with E-state index in [0.29, 0.717) is 37.5 Å².